The van der Waals surface area contributed by atoms with Crippen LogP contribution in [0.3, 0.4) is 0 Å². The van der Waals surface area contributed by atoms with Crippen molar-refractivity contribution >= 4 is 0 Å². The molecule has 0 spiro atoms. The number of aliphatic hydroxyl groups is 1. The summed E-state index contributed by atoms with van der Waals surface area (Å²) in [6.07, 6.45) is 5.98. The third kappa shape index (κ3) is 2.01. The number of hydrogen-bond donors (Lipinski definition) is 1. The molecule has 3 nitrogen and oxygen atoms in total. The predicted molar refractivity (Wildman–Crippen MR) is 64.4 cm³/mol. The van der Waals surface area contributed by atoms with Gasteiger partial charge in [0.25, 0.3) is 0 Å². The minimum absolute atomic E-state index is 0.130. The second kappa shape index (κ2) is 4.58. The smallest absolute Gasteiger partial charge is 0.0954 e. The third-order valence-corrected chi connectivity index (χ3v) is 4.10. The Hall–Kier alpha value is -0.830. The Balaban J connectivity index is 2.25. The van der Waals surface area contributed by atoms with Crippen molar-refractivity contribution in [2.45, 2.75) is 58.6 Å². The first-order valence-corrected chi connectivity index (χ1v) is 6.31. The summed E-state index contributed by atoms with van der Waals surface area (Å²) in [6.45, 7) is 6.41. The maximum absolute atomic E-state index is 9.82. The molecule has 2 rings (SSSR count). The van der Waals surface area contributed by atoms with Crippen molar-refractivity contribution in [1.29, 1.82) is 0 Å². The van der Waals surface area contributed by atoms with Crippen molar-refractivity contribution in [3.63, 3.8) is 0 Å². The van der Waals surface area contributed by atoms with Crippen molar-refractivity contribution in [3.8, 4) is 0 Å². The number of rotatable bonds is 2. The molecule has 0 aromatic carbocycles. The molecule has 0 aliphatic heterocycles. The third-order valence-electron chi connectivity index (χ3n) is 4.10. The van der Waals surface area contributed by atoms with E-state index in [1.165, 1.54) is 12.1 Å². The fourth-order valence-electron chi connectivity index (χ4n) is 2.85. The number of aryl methyl sites for hydroxylation is 1. The zero-order chi connectivity index (χ0) is 11.7. The van der Waals surface area contributed by atoms with Crippen LogP contribution in [0, 0.1) is 19.8 Å². The highest BCUT2D eigenvalue weighted by Crippen LogP contribution is 2.36. The molecule has 1 heterocycles. The van der Waals surface area contributed by atoms with Gasteiger partial charge in [-0.1, -0.05) is 13.3 Å². The number of imidazole rings is 1. The van der Waals surface area contributed by atoms with Gasteiger partial charge in [0.1, 0.15) is 0 Å². The number of aliphatic hydroxyl groups excluding tert-OH is 1. The minimum Gasteiger partial charge on any atom is -0.393 e. The highest BCUT2D eigenvalue weighted by molar-refractivity contribution is 5.10. The average molecular weight is 222 g/mol. The SMILES string of the molecule is CCC1CCC(O)CC1n1cnc(C)c1C. The van der Waals surface area contributed by atoms with Crippen LogP contribution in [-0.4, -0.2) is 20.8 Å². The van der Waals surface area contributed by atoms with Crippen molar-refractivity contribution in [1.82, 2.24) is 9.55 Å². The monoisotopic (exact) mass is 222 g/mol. The van der Waals surface area contributed by atoms with Gasteiger partial charge in [-0.3, -0.25) is 0 Å². The molecule has 1 aliphatic carbocycles. The second-order valence-corrected chi connectivity index (χ2v) is 5.03. The van der Waals surface area contributed by atoms with E-state index >= 15 is 0 Å². The van der Waals surface area contributed by atoms with Crippen LogP contribution in [0.25, 0.3) is 0 Å². The molecule has 3 unspecified atom stereocenters. The molecule has 3 heteroatoms. The van der Waals surface area contributed by atoms with Crippen LogP contribution in [0.15, 0.2) is 6.33 Å². The molecule has 0 saturated heterocycles. The maximum atomic E-state index is 9.82. The molecule has 1 N–H and O–H groups in total. The Kier molecular flexibility index (Phi) is 3.33. The Labute approximate surface area is 97.5 Å². The van der Waals surface area contributed by atoms with Gasteiger partial charge in [-0.2, -0.15) is 0 Å². The summed E-state index contributed by atoms with van der Waals surface area (Å²) in [5.41, 5.74) is 2.35. The minimum atomic E-state index is -0.130. The first-order chi connectivity index (χ1) is 7.63. The van der Waals surface area contributed by atoms with Gasteiger partial charge in [0.05, 0.1) is 18.1 Å². The molecule has 0 radical (unpaired) electrons. The van der Waals surface area contributed by atoms with E-state index in [9.17, 15) is 5.11 Å². The molecule has 1 saturated carbocycles. The number of nitrogens with zero attached hydrogens (tertiary/aromatic N) is 2. The fraction of sp³-hybridized carbons (Fsp3) is 0.769. The molecule has 16 heavy (non-hydrogen) atoms. The lowest BCUT2D eigenvalue weighted by atomic mass is 9.81. The van der Waals surface area contributed by atoms with Gasteiger partial charge in [0, 0.05) is 11.7 Å². The lowest BCUT2D eigenvalue weighted by Gasteiger charge is -2.35. The summed E-state index contributed by atoms with van der Waals surface area (Å²) in [7, 11) is 0. The summed E-state index contributed by atoms with van der Waals surface area (Å²) in [5, 5.41) is 9.82. The van der Waals surface area contributed by atoms with Crippen molar-refractivity contribution in [2.24, 2.45) is 5.92 Å². The van der Waals surface area contributed by atoms with E-state index in [1.54, 1.807) is 0 Å². The normalized spacial score (nSPS) is 30.6. The molecular formula is C13H22N2O. The van der Waals surface area contributed by atoms with Gasteiger partial charge in [-0.15, -0.1) is 0 Å². The molecule has 0 bridgehead atoms. The molecule has 1 aromatic rings. The summed E-state index contributed by atoms with van der Waals surface area (Å²) >= 11 is 0. The fourth-order valence-corrected chi connectivity index (χ4v) is 2.85. The van der Waals surface area contributed by atoms with E-state index < -0.39 is 0 Å². The van der Waals surface area contributed by atoms with Crippen LogP contribution in [0.2, 0.25) is 0 Å². The van der Waals surface area contributed by atoms with E-state index in [-0.39, 0.29) is 6.10 Å². The van der Waals surface area contributed by atoms with Gasteiger partial charge in [0.15, 0.2) is 0 Å². The maximum Gasteiger partial charge on any atom is 0.0954 e. The molecule has 90 valence electrons. The van der Waals surface area contributed by atoms with Crippen LogP contribution < -0.4 is 0 Å². The molecule has 1 aromatic heterocycles. The highest BCUT2D eigenvalue weighted by atomic mass is 16.3. The molecular weight excluding hydrogens is 200 g/mol. The Morgan fingerprint density at radius 2 is 2.19 bits per heavy atom. The lowest BCUT2D eigenvalue weighted by Crippen LogP contribution is -2.30. The standard InChI is InChI=1S/C13H22N2O/c1-4-11-5-6-12(16)7-13(11)15-8-14-9(2)10(15)3/h8,11-13,16H,4-7H2,1-3H3. The predicted octanol–water partition coefficient (Wildman–Crippen LogP) is 2.61. The van der Waals surface area contributed by atoms with Crippen LogP contribution >= 0.6 is 0 Å². The largest absolute Gasteiger partial charge is 0.393 e. The van der Waals surface area contributed by atoms with Crippen molar-refractivity contribution < 1.29 is 5.11 Å². The van der Waals surface area contributed by atoms with Gasteiger partial charge in [0.2, 0.25) is 0 Å². The molecule has 1 fully saturated rings. The van der Waals surface area contributed by atoms with Crippen molar-refractivity contribution in [3.05, 3.63) is 17.7 Å². The Morgan fingerprint density at radius 3 is 2.75 bits per heavy atom. The Bertz CT molecular complexity index is 359. The average Bonchev–Trinajstić information content (AvgIpc) is 2.60. The highest BCUT2D eigenvalue weighted by Gasteiger charge is 2.30. The molecule has 3 atom stereocenters. The van der Waals surface area contributed by atoms with Crippen LogP contribution in [-0.2, 0) is 0 Å². The summed E-state index contributed by atoms with van der Waals surface area (Å²) in [6, 6.07) is 0.440. The van der Waals surface area contributed by atoms with E-state index in [1.807, 2.05) is 13.3 Å². The summed E-state index contributed by atoms with van der Waals surface area (Å²) in [4.78, 5) is 4.37. The van der Waals surface area contributed by atoms with E-state index in [0.717, 1.165) is 25.0 Å². The van der Waals surface area contributed by atoms with Gasteiger partial charge >= 0.3 is 0 Å². The van der Waals surface area contributed by atoms with Crippen molar-refractivity contribution in [2.75, 3.05) is 0 Å². The topological polar surface area (TPSA) is 38.0 Å². The van der Waals surface area contributed by atoms with Crippen LogP contribution in [0.1, 0.15) is 50.0 Å². The van der Waals surface area contributed by atoms with E-state index in [2.05, 4.69) is 23.4 Å². The summed E-state index contributed by atoms with van der Waals surface area (Å²) in [5.74, 6) is 0.690. The van der Waals surface area contributed by atoms with Crippen LogP contribution in [0.4, 0.5) is 0 Å². The second-order valence-electron chi connectivity index (χ2n) is 5.03. The zero-order valence-corrected chi connectivity index (χ0v) is 10.5. The Morgan fingerprint density at radius 1 is 1.44 bits per heavy atom. The van der Waals surface area contributed by atoms with Gasteiger partial charge < -0.3 is 9.67 Å². The quantitative estimate of drug-likeness (QED) is 0.835. The number of aromatic nitrogens is 2. The van der Waals surface area contributed by atoms with E-state index in [4.69, 9.17) is 0 Å². The lowest BCUT2D eigenvalue weighted by molar-refractivity contribution is 0.0706. The number of hydrogen-bond acceptors (Lipinski definition) is 2. The first-order valence-electron chi connectivity index (χ1n) is 6.31. The molecule has 0 amide bonds. The zero-order valence-electron chi connectivity index (χ0n) is 10.5. The van der Waals surface area contributed by atoms with Crippen LogP contribution in [0.5, 0.6) is 0 Å². The van der Waals surface area contributed by atoms with Gasteiger partial charge in [-0.05, 0) is 39.0 Å². The molecule has 1 aliphatic rings. The summed E-state index contributed by atoms with van der Waals surface area (Å²) < 4.78 is 2.27. The van der Waals surface area contributed by atoms with Gasteiger partial charge in [-0.25, -0.2) is 4.98 Å². The first kappa shape index (κ1) is 11.6. The van der Waals surface area contributed by atoms with E-state index in [0.29, 0.717) is 12.0 Å².